The fraction of sp³-hybridized carbons (Fsp3) is 0.625. The molecule has 0 radical (unpaired) electrons. The highest BCUT2D eigenvalue weighted by Gasteiger charge is 1.97. The first-order chi connectivity index (χ1) is 5.33. The summed E-state index contributed by atoms with van der Waals surface area (Å²) in [6.45, 7) is 1.88. The quantitative estimate of drug-likeness (QED) is 0.482. The summed E-state index contributed by atoms with van der Waals surface area (Å²) in [5.74, 6) is 0. The Bertz CT molecular complexity index is 205. The summed E-state index contributed by atoms with van der Waals surface area (Å²) >= 11 is 0. The summed E-state index contributed by atoms with van der Waals surface area (Å²) in [5.41, 5.74) is 5.38. The highest BCUT2D eigenvalue weighted by atomic mass is 15.1. The molecule has 0 bridgehead atoms. The molecule has 0 aromatic carbocycles. The van der Waals surface area contributed by atoms with Crippen LogP contribution in [0.3, 0.4) is 0 Å². The predicted molar refractivity (Wildman–Crippen MR) is 43.9 cm³/mol. The van der Waals surface area contributed by atoms with Gasteiger partial charge >= 0.3 is 0 Å². The maximum absolute atomic E-state index is 5.38. The first-order valence-electron chi connectivity index (χ1n) is 4.04. The van der Waals surface area contributed by atoms with E-state index in [4.69, 9.17) is 5.73 Å². The van der Waals surface area contributed by atoms with Crippen LogP contribution in [0.1, 0.15) is 12.8 Å². The molecule has 0 fully saturated rings. The van der Waals surface area contributed by atoms with Crippen LogP contribution in [0.5, 0.6) is 0 Å². The lowest BCUT2D eigenvalue weighted by molar-refractivity contribution is -0.696. The summed E-state index contributed by atoms with van der Waals surface area (Å²) in [7, 11) is 2.03. The van der Waals surface area contributed by atoms with Crippen molar-refractivity contribution < 1.29 is 4.57 Å². The fourth-order valence-electron chi connectivity index (χ4n) is 1.07. The number of imidazole rings is 1. The molecule has 62 valence electrons. The zero-order chi connectivity index (χ0) is 8.10. The minimum absolute atomic E-state index is 0.799. The molecule has 1 aromatic heterocycles. The summed E-state index contributed by atoms with van der Waals surface area (Å²) in [4.78, 5) is 0. The Balaban J connectivity index is 2.27. The average Bonchev–Trinajstić information content (AvgIpc) is 2.37. The van der Waals surface area contributed by atoms with E-state index < -0.39 is 0 Å². The van der Waals surface area contributed by atoms with Crippen molar-refractivity contribution in [3.05, 3.63) is 18.7 Å². The van der Waals surface area contributed by atoms with Gasteiger partial charge in [0.15, 0.2) is 0 Å². The van der Waals surface area contributed by atoms with E-state index in [-0.39, 0.29) is 0 Å². The molecule has 0 saturated heterocycles. The van der Waals surface area contributed by atoms with Crippen molar-refractivity contribution in [1.29, 1.82) is 0 Å². The van der Waals surface area contributed by atoms with Crippen LogP contribution in [-0.4, -0.2) is 11.1 Å². The molecule has 0 aliphatic heterocycles. The highest BCUT2D eigenvalue weighted by molar-refractivity contribution is 4.61. The Hall–Kier alpha value is -0.830. The van der Waals surface area contributed by atoms with Crippen LogP contribution in [0.25, 0.3) is 0 Å². The Morgan fingerprint density at radius 3 is 2.82 bits per heavy atom. The number of rotatable bonds is 4. The standard InChI is InChI=1S/C8H16N3/c1-10-6-7-11(8-10)5-3-2-4-9/h6-8H,2-5,9H2,1H3/q+1. The Kier molecular flexibility index (Phi) is 3.11. The molecule has 0 saturated carbocycles. The molecule has 0 atom stereocenters. The zero-order valence-corrected chi connectivity index (χ0v) is 7.03. The van der Waals surface area contributed by atoms with Crippen LogP contribution in [0, 0.1) is 0 Å². The minimum atomic E-state index is 0.799. The molecule has 1 rings (SSSR count). The van der Waals surface area contributed by atoms with Gasteiger partial charge < -0.3 is 5.73 Å². The van der Waals surface area contributed by atoms with Gasteiger partial charge in [0.1, 0.15) is 12.4 Å². The third kappa shape index (κ3) is 2.72. The van der Waals surface area contributed by atoms with Crippen molar-refractivity contribution in [2.75, 3.05) is 6.54 Å². The van der Waals surface area contributed by atoms with Gasteiger partial charge in [0.05, 0.1) is 13.6 Å². The van der Waals surface area contributed by atoms with Crippen LogP contribution in [0.15, 0.2) is 18.7 Å². The topological polar surface area (TPSA) is 34.8 Å². The maximum atomic E-state index is 5.38. The van der Waals surface area contributed by atoms with Gasteiger partial charge in [-0.25, -0.2) is 9.13 Å². The van der Waals surface area contributed by atoms with E-state index in [1.165, 1.54) is 6.42 Å². The van der Waals surface area contributed by atoms with Crippen molar-refractivity contribution >= 4 is 0 Å². The van der Waals surface area contributed by atoms with Crippen molar-refractivity contribution in [3.8, 4) is 0 Å². The first-order valence-corrected chi connectivity index (χ1v) is 4.04. The lowest BCUT2D eigenvalue weighted by Gasteiger charge is -1.93. The number of hydrogen-bond acceptors (Lipinski definition) is 1. The van der Waals surface area contributed by atoms with Crippen molar-refractivity contribution in [3.63, 3.8) is 0 Å². The van der Waals surface area contributed by atoms with Crippen LogP contribution in [-0.2, 0) is 13.6 Å². The Morgan fingerprint density at radius 1 is 1.45 bits per heavy atom. The average molecular weight is 154 g/mol. The second-order valence-electron chi connectivity index (χ2n) is 2.81. The van der Waals surface area contributed by atoms with Gasteiger partial charge in [-0.15, -0.1) is 0 Å². The summed E-state index contributed by atoms with van der Waals surface area (Å²) in [5, 5.41) is 0. The van der Waals surface area contributed by atoms with Crippen LogP contribution in [0.2, 0.25) is 0 Å². The SMILES string of the molecule is Cn1cc[n+](CCCCN)c1. The molecule has 0 aliphatic rings. The maximum Gasteiger partial charge on any atom is 0.243 e. The number of unbranched alkanes of at least 4 members (excludes halogenated alkanes) is 1. The molecule has 0 aliphatic carbocycles. The highest BCUT2D eigenvalue weighted by Crippen LogP contribution is 1.85. The minimum Gasteiger partial charge on any atom is -0.330 e. The third-order valence-electron chi connectivity index (χ3n) is 1.69. The molecule has 0 spiro atoms. The van der Waals surface area contributed by atoms with E-state index in [1.807, 2.05) is 17.8 Å². The molecule has 1 aromatic rings. The van der Waals surface area contributed by atoms with Gasteiger partial charge in [0.25, 0.3) is 0 Å². The van der Waals surface area contributed by atoms with E-state index in [9.17, 15) is 0 Å². The van der Waals surface area contributed by atoms with Gasteiger partial charge in [-0.2, -0.15) is 0 Å². The third-order valence-corrected chi connectivity index (χ3v) is 1.69. The number of hydrogen-bond donors (Lipinski definition) is 1. The van der Waals surface area contributed by atoms with E-state index in [1.54, 1.807) is 0 Å². The van der Waals surface area contributed by atoms with Gasteiger partial charge in [0, 0.05) is 0 Å². The summed E-state index contributed by atoms with van der Waals surface area (Å²) < 4.78 is 4.22. The van der Waals surface area contributed by atoms with Crippen LogP contribution < -0.4 is 10.3 Å². The molecule has 0 amide bonds. The Labute approximate surface area is 67.4 Å². The fourth-order valence-corrected chi connectivity index (χ4v) is 1.07. The Morgan fingerprint density at radius 2 is 2.27 bits per heavy atom. The molecular weight excluding hydrogens is 138 g/mol. The number of aryl methyl sites for hydroxylation is 2. The van der Waals surface area contributed by atoms with E-state index in [2.05, 4.69) is 17.1 Å². The lowest BCUT2D eigenvalue weighted by Crippen LogP contribution is -2.31. The molecule has 3 nitrogen and oxygen atoms in total. The second-order valence-corrected chi connectivity index (χ2v) is 2.81. The zero-order valence-electron chi connectivity index (χ0n) is 7.03. The largest absolute Gasteiger partial charge is 0.330 e. The van der Waals surface area contributed by atoms with Gasteiger partial charge in [0.2, 0.25) is 6.33 Å². The summed E-state index contributed by atoms with van der Waals surface area (Å²) in [6.07, 6.45) is 8.49. The van der Waals surface area contributed by atoms with Crippen molar-refractivity contribution in [1.82, 2.24) is 4.57 Å². The smallest absolute Gasteiger partial charge is 0.243 e. The molecule has 0 unspecified atom stereocenters. The predicted octanol–water partition coefficient (Wildman–Crippen LogP) is 0.0515. The van der Waals surface area contributed by atoms with Crippen LogP contribution >= 0.6 is 0 Å². The van der Waals surface area contributed by atoms with E-state index in [0.29, 0.717) is 0 Å². The van der Waals surface area contributed by atoms with Gasteiger partial charge in [-0.1, -0.05) is 0 Å². The van der Waals surface area contributed by atoms with Crippen molar-refractivity contribution in [2.24, 2.45) is 12.8 Å². The van der Waals surface area contributed by atoms with Gasteiger partial charge in [-0.3, -0.25) is 0 Å². The van der Waals surface area contributed by atoms with Crippen molar-refractivity contribution in [2.45, 2.75) is 19.4 Å². The molecule has 2 N–H and O–H groups in total. The molecule has 3 heteroatoms. The van der Waals surface area contributed by atoms with Gasteiger partial charge in [-0.05, 0) is 19.4 Å². The summed E-state index contributed by atoms with van der Waals surface area (Å²) in [6, 6.07) is 0. The molecule has 1 heterocycles. The normalized spacial score (nSPS) is 10.4. The number of nitrogens with two attached hydrogens (primary N) is 1. The number of nitrogens with zero attached hydrogens (tertiary/aromatic N) is 2. The second kappa shape index (κ2) is 4.13. The van der Waals surface area contributed by atoms with E-state index >= 15 is 0 Å². The monoisotopic (exact) mass is 154 g/mol. The first kappa shape index (κ1) is 8.27. The lowest BCUT2D eigenvalue weighted by atomic mass is 10.3. The number of aromatic nitrogens is 2. The van der Waals surface area contributed by atoms with E-state index in [0.717, 1.165) is 19.5 Å². The van der Waals surface area contributed by atoms with Crippen LogP contribution in [0.4, 0.5) is 0 Å². The molecular formula is C8H16N3+. The molecule has 11 heavy (non-hydrogen) atoms.